The van der Waals surface area contributed by atoms with Crippen molar-refractivity contribution in [1.29, 1.82) is 0 Å². The van der Waals surface area contributed by atoms with E-state index in [1.807, 2.05) is 0 Å². The number of esters is 1. The molecule has 8 atom stereocenters. The van der Waals surface area contributed by atoms with Gasteiger partial charge >= 0.3 is 5.97 Å². The Labute approximate surface area is 185 Å². The standard InChI is InChI=1S/C26H36O5/c1-17-15-25(31-30-17)14-13-23(2)18(16-25)5-6-19-20(23)7-10-24(3)21(19)8-11-26(24,28)12-9-22(27)29-4/h5,17,19-21,28H,6-8,10-11,13-16H2,1-4H3/t17?,19-,20+,21+,23+,24+,25?,26-/m1/s1. The van der Waals surface area contributed by atoms with Gasteiger partial charge < -0.3 is 9.84 Å². The number of hydrogen-bond acceptors (Lipinski definition) is 5. The van der Waals surface area contributed by atoms with Gasteiger partial charge in [-0.1, -0.05) is 31.4 Å². The molecule has 0 aromatic rings. The van der Waals surface area contributed by atoms with Gasteiger partial charge in [0.15, 0.2) is 0 Å². The maximum Gasteiger partial charge on any atom is 0.384 e. The fourth-order valence-corrected chi connectivity index (χ4v) is 8.15. The van der Waals surface area contributed by atoms with E-state index in [0.717, 1.165) is 51.4 Å². The highest BCUT2D eigenvalue weighted by atomic mass is 17.2. The molecule has 1 aliphatic heterocycles. The number of fused-ring (bicyclic) bond motifs is 5. The molecular weight excluding hydrogens is 392 g/mol. The van der Waals surface area contributed by atoms with Gasteiger partial charge in [0.2, 0.25) is 0 Å². The van der Waals surface area contributed by atoms with E-state index in [1.165, 1.54) is 7.11 Å². The zero-order chi connectivity index (χ0) is 22.1. The molecule has 1 spiro atoms. The van der Waals surface area contributed by atoms with Gasteiger partial charge in [-0.3, -0.25) is 0 Å². The molecule has 2 unspecified atom stereocenters. The van der Waals surface area contributed by atoms with Crippen LogP contribution in [-0.2, 0) is 19.3 Å². The molecule has 4 fully saturated rings. The Kier molecular flexibility index (Phi) is 4.90. The molecule has 4 aliphatic carbocycles. The van der Waals surface area contributed by atoms with Crippen molar-refractivity contribution in [2.45, 2.75) is 95.9 Å². The molecule has 5 rings (SSSR count). The topological polar surface area (TPSA) is 65.0 Å². The minimum Gasteiger partial charge on any atom is -0.459 e. The van der Waals surface area contributed by atoms with Gasteiger partial charge in [-0.25, -0.2) is 14.6 Å². The van der Waals surface area contributed by atoms with Crippen LogP contribution in [-0.4, -0.2) is 35.5 Å². The second-order valence-corrected chi connectivity index (χ2v) is 11.4. The van der Waals surface area contributed by atoms with Crippen LogP contribution in [0.4, 0.5) is 0 Å². The van der Waals surface area contributed by atoms with Crippen LogP contribution in [0.3, 0.4) is 0 Å². The van der Waals surface area contributed by atoms with Gasteiger partial charge in [0.05, 0.1) is 13.2 Å². The first-order valence-corrected chi connectivity index (χ1v) is 12.0. The van der Waals surface area contributed by atoms with Crippen LogP contribution in [0.1, 0.15) is 78.6 Å². The Hall–Kier alpha value is -1.35. The van der Waals surface area contributed by atoms with Crippen molar-refractivity contribution < 1.29 is 24.4 Å². The maximum absolute atomic E-state index is 11.6. The second-order valence-electron chi connectivity index (χ2n) is 11.4. The summed E-state index contributed by atoms with van der Waals surface area (Å²) in [7, 11) is 1.33. The molecule has 170 valence electrons. The Morgan fingerprint density at radius 1 is 1.19 bits per heavy atom. The third kappa shape index (κ3) is 3.05. The fourth-order valence-electron chi connectivity index (χ4n) is 8.15. The Morgan fingerprint density at radius 3 is 2.68 bits per heavy atom. The number of methoxy groups -OCH3 is 1. The first-order valence-electron chi connectivity index (χ1n) is 12.0. The normalized spacial score (nSPS) is 50.5. The molecule has 31 heavy (non-hydrogen) atoms. The minimum atomic E-state index is -1.11. The number of carbonyl (C=O) groups is 1. The van der Waals surface area contributed by atoms with Crippen LogP contribution in [0.2, 0.25) is 0 Å². The number of rotatable bonds is 0. The van der Waals surface area contributed by atoms with Crippen molar-refractivity contribution in [1.82, 2.24) is 0 Å². The van der Waals surface area contributed by atoms with Gasteiger partial charge in [-0.2, -0.15) is 0 Å². The molecule has 0 aromatic carbocycles. The van der Waals surface area contributed by atoms with Crippen molar-refractivity contribution in [3.05, 3.63) is 11.6 Å². The molecule has 1 N–H and O–H groups in total. The summed E-state index contributed by atoms with van der Waals surface area (Å²) in [4.78, 5) is 23.0. The fraction of sp³-hybridized carbons (Fsp3) is 0.808. The summed E-state index contributed by atoms with van der Waals surface area (Å²) >= 11 is 0. The van der Waals surface area contributed by atoms with Crippen molar-refractivity contribution in [2.24, 2.45) is 28.6 Å². The molecule has 0 radical (unpaired) electrons. The molecule has 0 aromatic heterocycles. The van der Waals surface area contributed by atoms with Crippen LogP contribution in [0.25, 0.3) is 0 Å². The quantitative estimate of drug-likeness (QED) is 0.204. The molecule has 1 heterocycles. The molecule has 5 aliphatic rings. The van der Waals surface area contributed by atoms with Crippen LogP contribution < -0.4 is 0 Å². The molecule has 5 nitrogen and oxygen atoms in total. The smallest absolute Gasteiger partial charge is 0.384 e. The monoisotopic (exact) mass is 428 g/mol. The maximum atomic E-state index is 11.6. The van der Waals surface area contributed by atoms with E-state index < -0.39 is 11.6 Å². The largest absolute Gasteiger partial charge is 0.459 e. The Bertz CT molecular complexity index is 869. The third-order valence-electron chi connectivity index (χ3n) is 9.99. The zero-order valence-corrected chi connectivity index (χ0v) is 19.3. The van der Waals surface area contributed by atoms with Crippen LogP contribution in [0.5, 0.6) is 0 Å². The Balaban J connectivity index is 1.41. The van der Waals surface area contributed by atoms with Crippen molar-refractivity contribution in [3.63, 3.8) is 0 Å². The number of ether oxygens (including phenoxy) is 1. The third-order valence-corrected chi connectivity index (χ3v) is 9.99. The van der Waals surface area contributed by atoms with Gasteiger partial charge in [0, 0.05) is 24.2 Å². The zero-order valence-electron chi connectivity index (χ0n) is 19.3. The van der Waals surface area contributed by atoms with Gasteiger partial charge in [0.1, 0.15) is 11.2 Å². The van der Waals surface area contributed by atoms with Crippen molar-refractivity contribution >= 4 is 5.97 Å². The number of allylic oxidation sites excluding steroid dienone is 1. The Morgan fingerprint density at radius 2 is 1.97 bits per heavy atom. The lowest BCUT2D eigenvalue weighted by atomic mass is 9.46. The van der Waals surface area contributed by atoms with Gasteiger partial charge in [0.25, 0.3) is 0 Å². The molecule has 0 amide bonds. The molecular formula is C26H36O5. The first-order chi connectivity index (χ1) is 14.6. The summed E-state index contributed by atoms with van der Waals surface area (Å²) in [6.07, 6.45) is 11.6. The van der Waals surface area contributed by atoms with Crippen LogP contribution in [0, 0.1) is 40.4 Å². The lowest BCUT2D eigenvalue weighted by Crippen LogP contribution is -2.55. The summed E-state index contributed by atoms with van der Waals surface area (Å²) in [6, 6.07) is 0. The molecule has 1 saturated heterocycles. The lowest BCUT2D eigenvalue weighted by Gasteiger charge is -2.59. The second kappa shape index (κ2) is 7.07. The summed E-state index contributed by atoms with van der Waals surface area (Å²) in [6.45, 7) is 6.78. The SMILES string of the molecule is COC(=O)C#C[C@]1(O)CC[C@H]2[C@@H]3CC=C4CC5(CC[C@]4(C)[C@H]3CC[C@@]21C)CC(C)OO5. The lowest BCUT2D eigenvalue weighted by molar-refractivity contribution is -0.329. The van der Waals surface area contributed by atoms with E-state index in [9.17, 15) is 9.90 Å². The van der Waals surface area contributed by atoms with Gasteiger partial charge in [-0.05, 0) is 75.0 Å². The summed E-state index contributed by atoms with van der Waals surface area (Å²) < 4.78 is 4.68. The average molecular weight is 429 g/mol. The predicted molar refractivity (Wildman–Crippen MR) is 115 cm³/mol. The predicted octanol–water partition coefficient (Wildman–Crippen LogP) is 4.34. The molecule has 5 heteroatoms. The van der Waals surface area contributed by atoms with Crippen LogP contribution >= 0.6 is 0 Å². The highest BCUT2D eigenvalue weighted by Crippen LogP contribution is 2.68. The number of hydrogen-bond donors (Lipinski definition) is 1. The van der Waals surface area contributed by atoms with E-state index in [2.05, 4.69) is 43.4 Å². The van der Waals surface area contributed by atoms with E-state index in [-0.39, 0.29) is 22.5 Å². The minimum absolute atomic E-state index is 0.127. The van der Waals surface area contributed by atoms with E-state index in [1.54, 1.807) is 5.57 Å². The highest BCUT2D eigenvalue weighted by Gasteiger charge is 2.64. The first kappa shape index (κ1) is 21.5. The molecule has 3 saturated carbocycles. The van der Waals surface area contributed by atoms with Crippen molar-refractivity contribution in [3.8, 4) is 11.8 Å². The van der Waals surface area contributed by atoms with Crippen molar-refractivity contribution in [2.75, 3.05) is 7.11 Å². The van der Waals surface area contributed by atoms with E-state index in [0.29, 0.717) is 24.2 Å². The van der Waals surface area contributed by atoms with Gasteiger partial charge in [-0.15, -0.1) is 0 Å². The van der Waals surface area contributed by atoms with Crippen LogP contribution in [0.15, 0.2) is 11.6 Å². The number of aliphatic hydroxyl groups is 1. The highest BCUT2D eigenvalue weighted by molar-refractivity contribution is 5.88. The summed E-state index contributed by atoms with van der Waals surface area (Å²) in [5.74, 6) is 6.52. The van der Waals surface area contributed by atoms with E-state index >= 15 is 0 Å². The summed E-state index contributed by atoms with van der Waals surface area (Å²) in [5.41, 5.74) is 0.273. The average Bonchev–Trinajstić information content (AvgIpc) is 3.24. The summed E-state index contributed by atoms with van der Waals surface area (Å²) in [5, 5.41) is 11.5. The molecule has 0 bridgehead atoms. The van der Waals surface area contributed by atoms with E-state index in [4.69, 9.17) is 9.78 Å². The number of carbonyl (C=O) groups excluding carboxylic acids is 1.